The lowest BCUT2D eigenvalue weighted by atomic mass is 9.97. The predicted octanol–water partition coefficient (Wildman–Crippen LogP) is 5.64. The molecule has 2 heterocycles. The molecule has 0 atom stereocenters. The third-order valence-electron chi connectivity index (χ3n) is 4.30. The summed E-state index contributed by atoms with van der Waals surface area (Å²) in [6, 6.07) is 9.11. The second-order valence-corrected chi connectivity index (χ2v) is 7.50. The maximum Gasteiger partial charge on any atom is 0.391 e. The fraction of sp³-hybridized carbons (Fsp3) is 0.333. The Balaban J connectivity index is 1.72. The topological polar surface area (TPSA) is 39.9 Å². The van der Waals surface area contributed by atoms with E-state index in [4.69, 9.17) is 11.6 Å². The summed E-state index contributed by atoms with van der Waals surface area (Å²) in [6.07, 6.45) is -0.579. The number of halogens is 4. The number of anilines is 1. The number of hydrogen-bond donors (Lipinski definition) is 0. The SMILES string of the molecule is N#CC(=Cc1cnc(N2CCC(C(F)(F)F)CC2)s1)c1ccc(Cl)cc1. The third-order valence-corrected chi connectivity index (χ3v) is 5.56. The molecular weight excluding hydrogens is 383 g/mol. The first-order valence-electron chi connectivity index (χ1n) is 8.02. The second kappa shape index (κ2) is 7.68. The normalized spacial score (nSPS) is 16.6. The summed E-state index contributed by atoms with van der Waals surface area (Å²) in [5.74, 6) is -1.23. The number of thiazole rings is 1. The van der Waals surface area contributed by atoms with E-state index in [1.54, 1.807) is 36.5 Å². The fourth-order valence-electron chi connectivity index (χ4n) is 2.84. The molecule has 0 saturated carbocycles. The van der Waals surface area contributed by atoms with E-state index >= 15 is 0 Å². The standard InChI is InChI=1S/C18H15ClF3N3S/c19-15-3-1-12(2-4-15)13(10-23)9-16-11-24-17(26-16)25-7-5-14(6-8-25)18(20,21)22/h1-4,9,11,14H,5-8H2. The van der Waals surface area contributed by atoms with Gasteiger partial charge in [-0.15, -0.1) is 0 Å². The van der Waals surface area contributed by atoms with Crippen molar-refractivity contribution in [3.8, 4) is 6.07 Å². The highest BCUT2D eigenvalue weighted by Gasteiger charge is 2.41. The van der Waals surface area contributed by atoms with Crippen LogP contribution in [-0.4, -0.2) is 24.2 Å². The summed E-state index contributed by atoms with van der Waals surface area (Å²) >= 11 is 7.23. The summed E-state index contributed by atoms with van der Waals surface area (Å²) in [6.45, 7) is 0.673. The van der Waals surface area contributed by atoms with E-state index in [0.717, 1.165) is 10.4 Å². The lowest BCUT2D eigenvalue weighted by Gasteiger charge is -2.32. The van der Waals surface area contributed by atoms with Crippen LogP contribution >= 0.6 is 22.9 Å². The van der Waals surface area contributed by atoms with Crippen LogP contribution in [0.25, 0.3) is 11.6 Å². The zero-order valence-corrected chi connectivity index (χ0v) is 15.2. The lowest BCUT2D eigenvalue weighted by Crippen LogP contribution is -2.38. The van der Waals surface area contributed by atoms with Gasteiger partial charge >= 0.3 is 6.18 Å². The van der Waals surface area contributed by atoms with Gasteiger partial charge in [0, 0.05) is 24.3 Å². The molecule has 1 aromatic heterocycles. The Bertz CT molecular complexity index is 829. The molecule has 8 heteroatoms. The minimum absolute atomic E-state index is 0.0858. The average molecular weight is 398 g/mol. The number of aromatic nitrogens is 1. The Kier molecular flexibility index (Phi) is 5.54. The first-order chi connectivity index (χ1) is 12.4. The number of piperidine rings is 1. The van der Waals surface area contributed by atoms with Crippen LogP contribution in [-0.2, 0) is 0 Å². The molecule has 0 amide bonds. The van der Waals surface area contributed by atoms with Crippen molar-refractivity contribution in [1.82, 2.24) is 4.98 Å². The number of allylic oxidation sites excluding steroid dienone is 1. The molecule has 0 aliphatic carbocycles. The molecule has 2 aromatic rings. The van der Waals surface area contributed by atoms with Gasteiger partial charge in [0.05, 0.1) is 22.4 Å². The second-order valence-electron chi connectivity index (χ2n) is 6.02. The van der Waals surface area contributed by atoms with Gasteiger partial charge in [0.25, 0.3) is 0 Å². The van der Waals surface area contributed by atoms with Crippen molar-refractivity contribution in [3.63, 3.8) is 0 Å². The van der Waals surface area contributed by atoms with Crippen LogP contribution < -0.4 is 4.90 Å². The van der Waals surface area contributed by atoms with Crippen molar-refractivity contribution in [2.75, 3.05) is 18.0 Å². The highest BCUT2D eigenvalue weighted by atomic mass is 35.5. The van der Waals surface area contributed by atoms with Gasteiger partial charge in [0.1, 0.15) is 0 Å². The molecule has 1 aliphatic heterocycles. The van der Waals surface area contributed by atoms with Crippen molar-refractivity contribution >= 4 is 39.7 Å². The van der Waals surface area contributed by atoms with Gasteiger partial charge in [-0.25, -0.2) is 4.98 Å². The molecule has 0 unspecified atom stereocenters. The Hall–Kier alpha value is -2.04. The highest BCUT2D eigenvalue weighted by Crippen LogP contribution is 2.36. The summed E-state index contributed by atoms with van der Waals surface area (Å²) in [5, 5.41) is 10.7. The molecule has 0 bridgehead atoms. The molecule has 1 fully saturated rings. The molecule has 3 nitrogen and oxygen atoms in total. The number of nitriles is 1. The molecule has 0 radical (unpaired) electrons. The number of nitrogens with zero attached hydrogens (tertiary/aromatic N) is 3. The van der Waals surface area contributed by atoms with Crippen molar-refractivity contribution < 1.29 is 13.2 Å². The van der Waals surface area contributed by atoms with E-state index in [0.29, 0.717) is 28.8 Å². The van der Waals surface area contributed by atoms with Gasteiger partial charge in [-0.1, -0.05) is 35.1 Å². The Morgan fingerprint density at radius 1 is 1.27 bits per heavy atom. The zero-order chi connectivity index (χ0) is 18.7. The van der Waals surface area contributed by atoms with E-state index in [1.807, 2.05) is 4.90 Å². The summed E-state index contributed by atoms with van der Waals surface area (Å²) in [7, 11) is 0. The minimum Gasteiger partial charge on any atom is -0.348 e. The number of alkyl halides is 3. The third kappa shape index (κ3) is 4.37. The molecule has 0 N–H and O–H groups in total. The van der Waals surface area contributed by atoms with Crippen molar-refractivity contribution in [2.45, 2.75) is 19.0 Å². The summed E-state index contributed by atoms with van der Waals surface area (Å²) in [5.41, 5.74) is 1.23. The van der Waals surface area contributed by atoms with Gasteiger partial charge in [0.2, 0.25) is 0 Å². The molecule has 3 rings (SSSR count). The largest absolute Gasteiger partial charge is 0.391 e. The fourth-order valence-corrected chi connectivity index (χ4v) is 3.88. The maximum atomic E-state index is 12.8. The van der Waals surface area contributed by atoms with Crippen LogP contribution in [0.15, 0.2) is 30.5 Å². The zero-order valence-electron chi connectivity index (χ0n) is 13.6. The van der Waals surface area contributed by atoms with Gasteiger partial charge in [-0.05, 0) is 36.6 Å². The monoisotopic (exact) mass is 397 g/mol. The average Bonchev–Trinajstić information content (AvgIpc) is 3.08. The predicted molar refractivity (Wildman–Crippen MR) is 98.0 cm³/mol. The minimum atomic E-state index is -4.12. The lowest BCUT2D eigenvalue weighted by molar-refractivity contribution is -0.179. The number of benzene rings is 1. The van der Waals surface area contributed by atoms with Gasteiger partial charge in [-0.3, -0.25) is 0 Å². The molecule has 26 heavy (non-hydrogen) atoms. The van der Waals surface area contributed by atoms with Crippen molar-refractivity contribution in [2.24, 2.45) is 5.92 Å². The summed E-state index contributed by atoms with van der Waals surface area (Å²) < 4.78 is 38.3. The first-order valence-corrected chi connectivity index (χ1v) is 9.21. The van der Waals surface area contributed by atoms with Crippen molar-refractivity contribution in [1.29, 1.82) is 5.26 Å². The highest BCUT2D eigenvalue weighted by molar-refractivity contribution is 7.16. The Morgan fingerprint density at radius 2 is 1.92 bits per heavy atom. The van der Waals surface area contributed by atoms with Crippen LogP contribution in [0, 0.1) is 17.2 Å². The van der Waals surface area contributed by atoms with Gasteiger partial charge in [0.15, 0.2) is 5.13 Å². The first kappa shape index (κ1) is 18.7. The molecule has 1 aromatic carbocycles. The van der Waals surface area contributed by atoms with Crippen LogP contribution in [0.4, 0.5) is 18.3 Å². The van der Waals surface area contributed by atoms with Crippen LogP contribution in [0.1, 0.15) is 23.3 Å². The van der Waals surface area contributed by atoms with E-state index in [-0.39, 0.29) is 12.8 Å². The van der Waals surface area contributed by atoms with Crippen LogP contribution in [0.5, 0.6) is 0 Å². The molecular formula is C18H15ClF3N3S. The van der Waals surface area contributed by atoms with Crippen LogP contribution in [0.2, 0.25) is 5.02 Å². The molecule has 0 spiro atoms. The Morgan fingerprint density at radius 3 is 2.50 bits per heavy atom. The maximum absolute atomic E-state index is 12.8. The van der Waals surface area contributed by atoms with Gasteiger partial charge in [-0.2, -0.15) is 18.4 Å². The van der Waals surface area contributed by atoms with Crippen molar-refractivity contribution in [3.05, 3.63) is 45.9 Å². The molecule has 1 aliphatic rings. The quantitative estimate of drug-likeness (QED) is 0.629. The van der Waals surface area contributed by atoms with Crippen LogP contribution in [0.3, 0.4) is 0 Å². The number of hydrogen-bond acceptors (Lipinski definition) is 4. The molecule has 136 valence electrons. The number of rotatable bonds is 3. The van der Waals surface area contributed by atoms with E-state index < -0.39 is 12.1 Å². The van der Waals surface area contributed by atoms with E-state index in [9.17, 15) is 18.4 Å². The van der Waals surface area contributed by atoms with E-state index in [1.165, 1.54) is 11.3 Å². The van der Waals surface area contributed by atoms with E-state index in [2.05, 4.69) is 11.1 Å². The Labute approximate surface area is 158 Å². The molecule has 1 saturated heterocycles. The smallest absolute Gasteiger partial charge is 0.348 e. The summed E-state index contributed by atoms with van der Waals surface area (Å²) in [4.78, 5) is 6.97. The van der Waals surface area contributed by atoms with Gasteiger partial charge < -0.3 is 4.90 Å².